The molecule has 0 saturated carbocycles. The SMILES string of the molecule is CCOc1cc(CNCCc2ccc(OC)c(OC)c2)c(Cl)cc1OCc1cccc(C)c1. The van der Waals surface area contributed by atoms with Crippen molar-refractivity contribution >= 4 is 11.6 Å². The quantitative estimate of drug-likeness (QED) is 0.331. The summed E-state index contributed by atoms with van der Waals surface area (Å²) in [6.45, 7) is 6.46. The minimum absolute atomic E-state index is 0.459. The van der Waals surface area contributed by atoms with E-state index in [9.17, 15) is 0 Å². The van der Waals surface area contributed by atoms with Crippen LogP contribution in [0.15, 0.2) is 54.6 Å². The maximum absolute atomic E-state index is 6.57. The van der Waals surface area contributed by atoms with Crippen molar-refractivity contribution in [3.05, 3.63) is 81.9 Å². The van der Waals surface area contributed by atoms with Crippen LogP contribution in [0.4, 0.5) is 0 Å². The highest BCUT2D eigenvalue weighted by Gasteiger charge is 2.12. The van der Waals surface area contributed by atoms with Crippen LogP contribution in [0.1, 0.15) is 29.2 Å². The predicted molar refractivity (Wildman–Crippen MR) is 133 cm³/mol. The second-order valence-electron chi connectivity index (χ2n) is 7.72. The first-order chi connectivity index (χ1) is 16.0. The van der Waals surface area contributed by atoms with Crippen LogP contribution in [-0.2, 0) is 19.6 Å². The van der Waals surface area contributed by atoms with Gasteiger partial charge in [-0.15, -0.1) is 0 Å². The monoisotopic (exact) mass is 469 g/mol. The van der Waals surface area contributed by atoms with Crippen LogP contribution in [0.5, 0.6) is 23.0 Å². The number of aryl methyl sites for hydroxylation is 1. The normalized spacial score (nSPS) is 10.7. The maximum atomic E-state index is 6.57. The van der Waals surface area contributed by atoms with E-state index in [1.807, 2.05) is 49.4 Å². The van der Waals surface area contributed by atoms with Gasteiger partial charge in [-0.1, -0.05) is 47.5 Å². The van der Waals surface area contributed by atoms with Crippen molar-refractivity contribution in [2.45, 2.75) is 33.4 Å². The largest absolute Gasteiger partial charge is 0.493 e. The van der Waals surface area contributed by atoms with Crippen LogP contribution in [0, 0.1) is 6.92 Å². The van der Waals surface area contributed by atoms with Gasteiger partial charge in [-0.25, -0.2) is 0 Å². The number of hydrogen-bond donors (Lipinski definition) is 1. The molecule has 3 aromatic rings. The first-order valence-corrected chi connectivity index (χ1v) is 11.5. The molecule has 0 aliphatic heterocycles. The average Bonchev–Trinajstić information content (AvgIpc) is 2.82. The number of benzene rings is 3. The van der Waals surface area contributed by atoms with E-state index in [2.05, 4.69) is 24.4 Å². The van der Waals surface area contributed by atoms with E-state index in [0.29, 0.717) is 36.3 Å². The summed E-state index contributed by atoms with van der Waals surface area (Å²) in [7, 11) is 3.28. The van der Waals surface area contributed by atoms with Gasteiger partial charge in [0.25, 0.3) is 0 Å². The topological polar surface area (TPSA) is 49.0 Å². The zero-order chi connectivity index (χ0) is 23.6. The first kappa shape index (κ1) is 24.7. The van der Waals surface area contributed by atoms with Crippen molar-refractivity contribution < 1.29 is 18.9 Å². The van der Waals surface area contributed by atoms with E-state index >= 15 is 0 Å². The van der Waals surface area contributed by atoms with Crippen LogP contribution < -0.4 is 24.3 Å². The third kappa shape index (κ3) is 7.04. The summed E-state index contributed by atoms with van der Waals surface area (Å²) in [5.74, 6) is 2.82. The molecule has 0 spiro atoms. The highest BCUT2D eigenvalue weighted by Crippen LogP contribution is 2.34. The molecular formula is C27H32ClNO4. The molecule has 3 rings (SSSR count). The van der Waals surface area contributed by atoms with E-state index in [0.717, 1.165) is 35.6 Å². The molecule has 1 N–H and O–H groups in total. The number of rotatable bonds is 12. The third-order valence-corrected chi connectivity index (χ3v) is 5.60. The molecule has 0 saturated heterocycles. The standard InChI is InChI=1S/C27H32ClNO4/c1-5-32-26-15-22(17-29-12-11-20-9-10-24(30-3)25(14-20)31-4)23(28)16-27(26)33-18-21-8-6-7-19(2)13-21/h6-10,13-16,29H,5,11-12,17-18H2,1-4H3. The third-order valence-electron chi connectivity index (χ3n) is 5.24. The van der Waals surface area contributed by atoms with Gasteiger partial charge in [0, 0.05) is 17.6 Å². The van der Waals surface area contributed by atoms with Gasteiger partial charge >= 0.3 is 0 Å². The minimum Gasteiger partial charge on any atom is -0.493 e. The van der Waals surface area contributed by atoms with Crippen molar-refractivity contribution in [3.8, 4) is 23.0 Å². The molecule has 0 amide bonds. The van der Waals surface area contributed by atoms with E-state index in [-0.39, 0.29) is 0 Å². The molecule has 0 fully saturated rings. The molecule has 0 aliphatic carbocycles. The van der Waals surface area contributed by atoms with Crippen LogP contribution in [0.25, 0.3) is 0 Å². The number of methoxy groups -OCH3 is 2. The highest BCUT2D eigenvalue weighted by atomic mass is 35.5. The lowest BCUT2D eigenvalue weighted by molar-refractivity contribution is 0.269. The Morgan fingerprint density at radius 3 is 2.33 bits per heavy atom. The van der Waals surface area contributed by atoms with Crippen molar-refractivity contribution in [1.82, 2.24) is 5.32 Å². The van der Waals surface area contributed by atoms with Crippen LogP contribution in [-0.4, -0.2) is 27.4 Å². The van der Waals surface area contributed by atoms with E-state index < -0.39 is 0 Å². The summed E-state index contributed by atoms with van der Waals surface area (Å²) in [5.41, 5.74) is 4.44. The summed E-state index contributed by atoms with van der Waals surface area (Å²) >= 11 is 6.57. The maximum Gasteiger partial charge on any atom is 0.163 e. The Labute approximate surface area is 201 Å². The van der Waals surface area contributed by atoms with Crippen LogP contribution >= 0.6 is 11.6 Å². The molecule has 6 heteroatoms. The van der Waals surface area contributed by atoms with Crippen LogP contribution in [0.2, 0.25) is 5.02 Å². The Morgan fingerprint density at radius 2 is 1.61 bits per heavy atom. The van der Waals surface area contributed by atoms with E-state index in [1.165, 1.54) is 11.1 Å². The summed E-state index contributed by atoms with van der Waals surface area (Å²) in [6, 6.07) is 18.0. The summed E-state index contributed by atoms with van der Waals surface area (Å²) in [4.78, 5) is 0. The zero-order valence-corrected chi connectivity index (χ0v) is 20.5. The number of ether oxygens (including phenoxy) is 4. The molecule has 176 valence electrons. The molecular weight excluding hydrogens is 438 g/mol. The van der Waals surface area contributed by atoms with Gasteiger partial charge in [-0.05, 0) is 61.7 Å². The second-order valence-corrected chi connectivity index (χ2v) is 8.12. The van der Waals surface area contributed by atoms with Crippen molar-refractivity contribution in [2.24, 2.45) is 0 Å². The lowest BCUT2D eigenvalue weighted by Crippen LogP contribution is -2.17. The summed E-state index contributed by atoms with van der Waals surface area (Å²) < 4.78 is 22.5. The molecule has 0 aliphatic rings. The van der Waals surface area contributed by atoms with E-state index in [4.69, 9.17) is 30.5 Å². The van der Waals surface area contributed by atoms with Gasteiger partial charge in [0.05, 0.1) is 20.8 Å². The summed E-state index contributed by atoms with van der Waals surface area (Å²) in [5, 5.41) is 4.11. The molecule has 33 heavy (non-hydrogen) atoms. The van der Waals surface area contributed by atoms with Crippen molar-refractivity contribution in [3.63, 3.8) is 0 Å². The fourth-order valence-corrected chi connectivity index (χ4v) is 3.77. The lowest BCUT2D eigenvalue weighted by Gasteiger charge is -2.16. The Hall–Kier alpha value is -2.89. The Kier molecular flexibility index (Phi) is 9.28. The smallest absolute Gasteiger partial charge is 0.163 e. The van der Waals surface area contributed by atoms with Gasteiger partial charge in [-0.2, -0.15) is 0 Å². The number of hydrogen-bond acceptors (Lipinski definition) is 5. The lowest BCUT2D eigenvalue weighted by atomic mass is 10.1. The molecule has 0 heterocycles. The Balaban J connectivity index is 1.60. The Morgan fingerprint density at radius 1 is 0.818 bits per heavy atom. The second kappa shape index (κ2) is 12.4. The zero-order valence-electron chi connectivity index (χ0n) is 19.7. The van der Waals surface area contributed by atoms with Crippen molar-refractivity contribution in [2.75, 3.05) is 27.4 Å². The first-order valence-electron chi connectivity index (χ1n) is 11.1. The molecule has 3 aromatic carbocycles. The van der Waals surface area contributed by atoms with Gasteiger partial charge in [0.2, 0.25) is 0 Å². The fraction of sp³-hybridized carbons (Fsp3) is 0.333. The molecule has 0 aromatic heterocycles. The molecule has 5 nitrogen and oxygen atoms in total. The van der Waals surface area contributed by atoms with Gasteiger partial charge in [0.1, 0.15) is 6.61 Å². The molecule has 0 unspecified atom stereocenters. The fourth-order valence-electron chi connectivity index (χ4n) is 3.55. The molecule has 0 bridgehead atoms. The van der Waals surface area contributed by atoms with E-state index in [1.54, 1.807) is 14.2 Å². The number of halogens is 1. The van der Waals surface area contributed by atoms with Crippen molar-refractivity contribution in [1.29, 1.82) is 0 Å². The number of nitrogens with one attached hydrogen (secondary N) is 1. The predicted octanol–water partition coefficient (Wildman–Crippen LogP) is 5.98. The van der Waals surface area contributed by atoms with Crippen LogP contribution in [0.3, 0.4) is 0 Å². The highest BCUT2D eigenvalue weighted by molar-refractivity contribution is 6.31. The molecule has 0 atom stereocenters. The molecule has 0 radical (unpaired) electrons. The Bertz CT molecular complexity index is 1050. The van der Waals surface area contributed by atoms with Gasteiger partial charge in [0.15, 0.2) is 23.0 Å². The minimum atomic E-state index is 0.459. The van der Waals surface area contributed by atoms with Gasteiger partial charge < -0.3 is 24.3 Å². The van der Waals surface area contributed by atoms with Gasteiger partial charge in [-0.3, -0.25) is 0 Å². The summed E-state index contributed by atoms with van der Waals surface area (Å²) in [6.07, 6.45) is 0.855. The average molecular weight is 470 g/mol.